The molecule has 0 radical (unpaired) electrons. The van der Waals surface area contributed by atoms with Gasteiger partial charge < -0.3 is 10.0 Å². The van der Waals surface area contributed by atoms with Gasteiger partial charge in [0.15, 0.2) is 0 Å². The average molecular weight is 282 g/mol. The van der Waals surface area contributed by atoms with E-state index in [4.69, 9.17) is 11.6 Å². The lowest BCUT2D eigenvalue weighted by Gasteiger charge is -2.14. The van der Waals surface area contributed by atoms with Crippen LogP contribution in [-0.2, 0) is 0 Å². The van der Waals surface area contributed by atoms with Crippen LogP contribution in [-0.4, -0.2) is 35.1 Å². The third-order valence-corrected chi connectivity index (χ3v) is 4.84. The van der Waals surface area contributed by atoms with Crippen LogP contribution in [0.4, 0.5) is 0 Å². The number of aliphatic hydroxyl groups is 1. The van der Waals surface area contributed by atoms with Crippen molar-refractivity contribution in [3.8, 4) is 0 Å². The number of β-amino-alcohol motifs (C(OH)–C–C–N with tert-alkyl or cyclic N) is 1. The zero-order valence-corrected chi connectivity index (χ0v) is 11.2. The summed E-state index contributed by atoms with van der Waals surface area (Å²) >= 11 is 7.68. The van der Waals surface area contributed by atoms with Gasteiger partial charge in [0.25, 0.3) is 5.91 Å². The first-order valence-corrected chi connectivity index (χ1v) is 7.00. The monoisotopic (exact) mass is 281 g/mol. The lowest BCUT2D eigenvalue weighted by Crippen LogP contribution is -2.29. The van der Waals surface area contributed by atoms with Crippen molar-refractivity contribution in [1.29, 1.82) is 0 Å². The zero-order chi connectivity index (χ0) is 12.7. The number of amides is 1. The van der Waals surface area contributed by atoms with E-state index >= 15 is 0 Å². The Balaban J connectivity index is 1.99. The highest BCUT2D eigenvalue weighted by atomic mass is 35.5. The lowest BCUT2D eigenvalue weighted by molar-refractivity contribution is 0.0770. The van der Waals surface area contributed by atoms with Gasteiger partial charge in [-0.3, -0.25) is 4.79 Å². The highest BCUT2D eigenvalue weighted by Crippen LogP contribution is 2.36. The van der Waals surface area contributed by atoms with Crippen LogP contribution in [0.2, 0.25) is 5.02 Å². The predicted octanol–water partition coefficient (Wildman–Crippen LogP) is 2.76. The second-order valence-electron chi connectivity index (χ2n) is 4.43. The van der Waals surface area contributed by atoms with Gasteiger partial charge in [0.2, 0.25) is 0 Å². The van der Waals surface area contributed by atoms with Gasteiger partial charge in [0.1, 0.15) is 4.88 Å². The number of benzene rings is 1. The molecule has 1 amide bonds. The molecule has 2 heterocycles. The molecule has 1 unspecified atom stereocenters. The Hall–Kier alpha value is -1.10. The Morgan fingerprint density at radius 2 is 2.22 bits per heavy atom. The zero-order valence-electron chi connectivity index (χ0n) is 9.60. The van der Waals surface area contributed by atoms with Crippen molar-refractivity contribution in [2.75, 3.05) is 13.1 Å². The third-order valence-electron chi connectivity index (χ3n) is 3.18. The summed E-state index contributed by atoms with van der Waals surface area (Å²) in [7, 11) is 0. The molecule has 1 aliphatic rings. The number of aliphatic hydroxyl groups excluding tert-OH is 1. The highest BCUT2D eigenvalue weighted by Gasteiger charge is 2.28. The molecule has 2 aromatic rings. The van der Waals surface area contributed by atoms with E-state index in [2.05, 4.69) is 0 Å². The molecule has 0 bridgehead atoms. The van der Waals surface area contributed by atoms with Gasteiger partial charge in [-0.2, -0.15) is 0 Å². The Labute approximate surface area is 114 Å². The van der Waals surface area contributed by atoms with Gasteiger partial charge in [0.05, 0.1) is 11.1 Å². The largest absolute Gasteiger partial charge is 0.391 e. The van der Waals surface area contributed by atoms with Gasteiger partial charge in [-0.1, -0.05) is 29.8 Å². The van der Waals surface area contributed by atoms with E-state index in [1.165, 1.54) is 11.3 Å². The first-order valence-electron chi connectivity index (χ1n) is 5.81. The molecule has 0 aliphatic carbocycles. The third kappa shape index (κ3) is 1.90. The Morgan fingerprint density at radius 3 is 2.89 bits per heavy atom. The van der Waals surface area contributed by atoms with Crippen LogP contribution < -0.4 is 0 Å². The minimum atomic E-state index is -0.401. The number of hydrogen-bond donors (Lipinski definition) is 1. The molecule has 3 nitrogen and oxygen atoms in total. The Morgan fingerprint density at radius 1 is 1.44 bits per heavy atom. The summed E-state index contributed by atoms with van der Waals surface area (Å²) in [5.41, 5.74) is 0. The molecule has 5 heteroatoms. The van der Waals surface area contributed by atoms with Gasteiger partial charge in [-0.25, -0.2) is 0 Å². The van der Waals surface area contributed by atoms with Gasteiger partial charge in [-0.05, 0) is 12.5 Å². The number of likely N-dealkylation sites (tertiary alicyclic amines) is 1. The van der Waals surface area contributed by atoms with Crippen molar-refractivity contribution in [3.63, 3.8) is 0 Å². The van der Waals surface area contributed by atoms with Gasteiger partial charge >= 0.3 is 0 Å². The minimum Gasteiger partial charge on any atom is -0.391 e. The summed E-state index contributed by atoms with van der Waals surface area (Å²) in [5.74, 6) is -0.0715. The summed E-state index contributed by atoms with van der Waals surface area (Å²) in [6, 6.07) is 7.73. The SMILES string of the molecule is O=C(c1sc2ccccc2c1Cl)N1CCC(O)C1. The lowest BCUT2D eigenvalue weighted by atomic mass is 10.2. The van der Waals surface area contributed by atoms with Crippen LogP contribution in [0.3, 0.4) is 0 Å². The first-order chi connectivity index (χ1) is 8.66. The number of carbonyl (C=O) groups is 1. The van der Waals surface area contributed by atoms with Crippen molar-refractivity contribution in [1.82, 2.24) is 4.90 Å². The number of halogens is 1. The van der Waals surface area contributed by atoms with Gasteiger partial charge in [0, 0.05) is 23.2 Å². The van der Waals surface area contributed by atoms with Crippen molar-refractivity contribution < 1.29 is 9.90 Å². The molecule has 18 heavy (non-hydrogen) atoms. The maximum atomic E-state index is 12.3. The second kappa shape index (κ2) is 4.53. The van der Waals surface area contributed by atoms with E-state index in [-0.39, 0.29) is 5.91 Å². The molecule has 1 aromatic carbocycles. The number of hydrogen-bond acceptors (Lipinski definition) is 3. The fraction of sp³-hybridized carbons (Fsp3) is 0.308. The molecular formula is C13H12ClNO2S. The smallest absolute Gasteiger partial charge is 0.265 e. The maximum absolute atomic E-state index is 12.3. The molecular weight excluding hydrogens is 270 g/mol. The van der Waals surface area contributed by atoms with Crippen LogP contribution in [0, 0.1) is 0 Å². The normalized spacial score (nSPS) is 19.7. The van der Waals surface area contributed by atoms with Gasteiger partial charge in [-0.15, -0.1) is 11.3 Å². The predicted molar refractivity (Wildman–Crippen MR) is 73.4 cm³/mol. The summed E-state index contributed by atoms with van der Waals surface area (Å²) in [6.45, 7) is 1.01. The maximum Gasteiger partial charge on any atom is 0.265 e. The molecule has 1 atom stereocenters. The molecule has 1 N–H and O–H groups in total. The molecule has 0 spiro atoms. The van der Waals surface area contributed by atoms with Crippen LogP contribution in [0.15, 0.2) is 24.3 Å². The second-order valence-corrected chi connectivity index (χ2v) is 5.87. The number of nitrogens with zero attached hydrogens (tertiary/aromatic N) is 1. The first kappa shape index (κ1) is 12.0. The van der Waals surface area contributed by atoms with Crippen LogP contribution in [0.25, 0.3) is 10.1 Å². The van der Waals surface area contributed by atoms with E-state index in [1.807, 2.05) is 24.3 Å². The molecule has 1 saturated heterocycles. The average Bonchev–Trinajstić information content (AvgIpc) is 2.94. The van der Waals surface area contributed by atoms with E-state index in [9.17, 15) is 9.90 Å². The Bertz CT molecular complexity index is 610. The van der Waals surface area contributed by atoms with Crippen LogP contribution in [0.5, 0.6) is 0 Å². The molecule has 1 aliphatic heterocycles. The van der Waals surface area contributed by atoms with Crippen molar-refractivity contribution in [3.05, 3.63) is 34.2 Å². The molecule has 0 saturated carbocycles. The molecule has 1 aromatic heterocycles. The Kier molecular flexibility index (Phi) is 3.01. The fourth-order valence-electron chi connectivity index (χ4n) is 2.22. The summed E-state index contributed by atoms with van der Waals surface area (Å²) in [4.78, 5) is 14.6. The molecule has 3 rings (SSSR count). The molecule has 1 fully saturated rings. The fourth-order valence-corrected chi connectivity index (χ4v) is 3.70. The van der Waals surface area contributed by atoms with E-state index in [0.29, 0.717) is 29.4 Å². The number of carbonyl (C=O) groups excluding carboxylic acids is 1. The van der Waals surface area contributed by atoms with E-state index in [1.54, 1.807) is 4.90 Å². The number of thiophene rings is 1. The number of fused-ring (bicyclic) bond motifs is 1. The summed E-state index contributed by atoms with van der Waals surface area (Å²) in [6.07, 6.45) is 0.246. The van der Waals surface area contributed by atoms with Crippen molar-refractivity contribution in [2.24, 2.45) is 0 Å². The highest BCUT2D eigenvalue weighted by molar-refractivity contribution is 7.21. The quantitative estimate of drug-likeness (QED) is 0.873. The van der Waals surface area contributed by atoms with E-state index < -0.39 is 6.10 Å². The standard InChI is InChI=1S/C13H12ClNO2S/c14-11-9-3-1-2-4-10(9)18-12(11)13(17)15-6-5-8(16)7-15/h1-4,8,16H,5-7H2. The summed E-state index contributed by atoms with van der Waals surface area (Å²) in [5, 5.41) is 10.9. The van der Waals surface area contributed by atoms with Crippen molar-refractivity contribution in [2.45, 2.75) is 12.5 Å². The van der Waals surface area contributed by atoms with Crippen molar-refractivity contribution >= 4 is 38.9 Å². The minimum absolute atomic E-state index is 0.0715. The van der Waals surface area contributed by atoms with Crippen LogP contribution in [0.1, 0.15) is 16.1 Å². The summed E-state index contributed by atoms with van der Waals surface area (Å²) < 4.78 is 1.02. The van der Waals surface area contributed by atoms with E-state index in [0.717, 1.165) is 10.1 Å². The number of rotatable bonds is 1. The molecule has 94 valence electrons. The topological polar surface area (TPSA) is 40.5 Å². The van der Waals surface area contributed by atoms with Crippen LogP contribution >= 0.6 is 22.9 Å².